The van der Waals surface area contributed by atoms with Gasteiger partial charge in [-0.2, -0.15) is 0 Å². The number of carbonyl (C=O) groups is 2. The van der Waals surface area contributed by atoms with E-state index in [0.717, 1.165) is 18.9 Å². The maximum absolute atomic E-state index is 12.4. The third kappa shape index (κ3) is 4.50. The second-order valence-electron chi connectivity index (χ2n) is 6.19. The van der Waals surface area contributed by atoms with E-state index in [1.807, 2.05) is 48.5 Å². The molecular weight excluding hydrogens is 330 g/mol. The molecule has 26 heavy (non-hydrogen) atoms. The molecule has 0 spiro atoms. The fourth-order valence-corrected chi connectivity index (χ4v) is 2.79. The quantitative estimate of drug-likeness (QED) is 0.881. The molecule has 0 aliphatic carbocycles. The number of pyridine rings is 1. The first-order valence-electron chi connectivity index (χ1n) is 8.71. The van der Waals surface area contributed by atoms with Crippen molar-refractivity contribution in [2.24, 2.45) is 0 Å². The van der Waals surface area contributed by atoms with Gasteiger partial charge in [-0.05, 0) is 31.2 Å². The van der Waals surface area contributed by atoms with Crippen molar-refractivity contribution in [1.29, 1.82) is 0 Å². The van der Waals surface area contributed by atoms with E-state index in [4.69, 9.17) is 0 Å². The zero-order chi connectivity index (χ0) is 18.4. The molecule has 2 heterocycles. The standard InChI is InChI=1S/C19H23N5O2/c1-15(18(25)22-16-7-3-2-4-8-16)21-19(26)24-13-11-23(12-14-24)17-9-5-6-10-20-17/h2-10,15H,11-14H2,1H3,(H,21,26)(H,22,25)/t15-/m0/s1. The molecule has 1 fully saturated rings. The minimum absolute atomic E-state index is 0.221. The van der Waals surface area contributed by atoms with Gasteiger partial charge in [0.15, 0.2) is 0 Å². The molecule has 3 rings (SSSR count). The molecule has 2 aromatic rings. The molecule has 0 unspecified atom stereocenters. The predicted molar refractivity (Wildman–Crippen MR) is 101 cm³/mol. The lowest BCUT2D eigenvalue weighted by Gasteiger charge is -2.35. The van der Waals surface area contributed by atoms with Crippen molar-refractivity contribution in [2.75, 3.05) is 36.4 Å². The Bertz CT molecular complexity index is 730. The number of hydrogen-bond acceptors (Lipinski definition) is 4. The number of carbonyl (C=O) groups excluding carboxylic acids is 2. The van der Waals surface area contributed by atoms with Gasteiger partial charge in [0.05, 0.1) is 0 Å². The number of amides is 3. The number of para-hydroxylation sites is 1. The van der Waals surface area contributed by atoms with Crippen molar-refractivity contribution in [2.45, 2.75) is 13.0 Å². The normalized spacial score (nSPS) is 15.3. The number of urea groups is 1. The summed E-state index contributed by atoms with van der Waals surface area (Å²) in [5, 5.41) is 5.55. The number of anilines is 2. The van der Waals surface area contributed by atoms with Gasteiger partial charge in [0, 0.05) is 38.1 Å². The smallest absolute Gasteiger partial charge is 0.318 e. The van der Waals surface area contributed by atoms with E-state index in [0.29, 0.717) is 18.8 Å². The molecule has 7 heteroatoms. The first-order chi connectivity index (χ1) is 12.6. The largest absolute Gasteiger partial charge is 0.353 e. The van der Waals surface area contributed by atoms with Gasteiger partial charge in [0.1, 0.15) is 11.9 Å². The summed E-state index contributed by atoms with van der Waals surface area (Å²) in [7, 11) is 0. The topological polar surface area (TPSA) is 77.6 Å². The van der Waals surface area contributed by atoms with Crippen molar-refractivity contribution in [1.82, 2.24) is 15.2 Å². The summed E-state index contributed by atoms with van der Waals surface area (Å²) < 4.78 is 0. The fourth-order valence-electron chi connectivity index (χ4n) is 2.79. The SMILES string of the molecule is C[C@H](NC(=O)N1CCN(c2ccccn2)CC1)C(=O)Nc1ccccc1. The highest BCUT2D eigenvalue weighted by atomic mass is 16.2. The minimum Gasteiger partial charge on any atom is -0.353 e. The molecule has 2 N–H and O–H groups in total. The average molecular weight is 353 g/mol. The van der Waals surface area contributed by atoms with Crippen LogP contribution in [-0.2, 0) is 4.79 Å². The summed E-state index contributed by atoms with van der Waals surface area (Å²) >= 11 is 0. The summed E-state index contributed by atoms with van der Waals surface area (Å²) in [6.07, 6.45) is 1.77. The Kier molecular flexibility index (Phi) is 5.68. The number of benzene rings is 1. The van der Waals surface area contributed by atoms with Crippen LogP contribution in [0.1, 0.15) is 6.92 Å². The molecular formula is C19H23N5O2. The number of nitrogens with zero attached hydrogens (tertiary/aromatic N) is 3. The van der Waals surface area contributed by atoms with E-state index in [2.05, 4.69) is 20.5 Å². The minimum atomic E-state index is -0.614. The Morgan fingerprint density at radius 2 is 1.69 bits per heavy atom. The molecule has 7 nitrogen and oxygen atoms in total. The van der Waals surface area contributed by atoms with Crippen LogP contribution in [0.4, 0.5) is 16.3 Å². The van der Waals surface area contributed by atoms with Gasteiger partial charge in [0.2, 0.25) is 5.91 Å². The maximum atomic E-state index is 12.4. The summed E-state index contributed by atoms with van der Waals surface area (Å²) in [5.74, 6) is 0.680. The number of aromatic nitrogens is 1. The van der Waals surface area contributed by atoms with Crippen LogP contribution in [0.2, 0.25) is 0 Å². The van der Waals surface area contributed by atoms with E-state index in [1.54, 1.807) is 18.0 Å². The summed E-state index contributed by atoms with van der Waals surface area (Å²) in [6.45, 7) is 4.30. The van der Waals surface area contributed by atoms with Crippen LogP contribution >= 0.6 is 0 Å². The second-order valence-corrected chi connectivity index (χ2v) is 6.19. The molecule has 1 aliphatic heterocycles. The monoisotopic (exact) mass is 353 g/mol. The van der Waals surface area contributed by atoms with Crippen LogP contribution in [0, 0.1) is 0 Å². The molecule has 1 aliphatic rings. The molecule has 0 saturated carbocycles. The van der Waals surface area contributed by atoms with E-state index < -0.39 is 6.04 Å². The zero-order valence-electron chi connectivity index (χ0n) is 14.8. The van der Waals surface area contributed by atoms with Gasteiger partial charge >= 0.3 is 6.03 Å². The highest BCUT2D eigenvalue weighted by molar-refractivity contribution is 5.96. The molecule has 1 saturated heterocycles. The second kappa shape index (κ2) is 8.33. The Hall–Kier alpha value is -3.09. The van der Waals surface area contributed by atoms with E-state index in [-0.39, 0.29) is 11.9 Å². The summed E-state index contributed by atoms with van der Waals surface area (Å²) in [6, 6.07) is 14.2. The first-order valence-corrected chi connectivity index (χ1v) is 8.71. The van der Waals surface area contributed by atoms with Gasteiger partial charge < -0.3 is 20.4 Å². The van der Waals surface area contributed by atoms with Crippen molar-refractivity contribution >= 4 is 23.4 Å². The Morgan fingerprint density at radius 1 is 1.00 bits per heavy atom. The highest BCUT2D eigenvalue weighted by Crippen LogP contribution is 2.12. The molecule has 3 amide bonds. The van der Waals surface area contributed by atoms with Crippen molar-refractivity contribution in [3.8, 4) is 0 Å². The van der Waals surface area contributed by atoms with Crippen molar-refractivity contribution < 1.29 is 9.59 Å². The number of hydrogen-bond donors (Lipinski definition) is 2. The van der Waals surface area contributed by atoms with Crippen LogP contribution in [0.15, 0.2) is 54.7 Å². The molecule has 0 radical (unpaired) electrons. The van der Waals surface area contributed by atoms with Crippen LogP contribution in [-0.4, -0.2) is 54.0 Å². The Morgan fingerprint density at radius 3 is 2.35 bits per heavy atom. The first kappa shape index (κ1) is 17.7. The van der Waals surface area contributed by atoms with Crippen LogP contribution in [0.5, 0.6) is 0 Å². The third-order valence-corrected chi connectivity index (χ3v) is 4.31. The van der Waals surface area contributed by atoms with E-state index in [1.165, 1.54) is 0 Å². The maximum Gasteiger partial charge on any atom is 0.318 e. The van der Waals surface area contributed by atoms with E-state index in [9.17, 15) is 9.59 Å². The summed E-state index contributed by atoms with van der Waals surface area (Å²) in [5.41, 5.74) is 0.711. The molecule has 1 atom stereocenters. The molecule has 1 aromatic carbocycles. The fraction of sp³-hybridized carbons (Fsp3) is 0.316. The Balaban J connectivity index is 1.47. The van der Waals surface area contributed by atoms with Crippen LogP contribution in [0.25, 0.3) is 0 Å². The number of rotatable bonds is 4. The summed E-state index contributed by atoms with van der Waals surface area (Å²) in [4.78, 5) is 32.8. The highest BCUT2D eigenvalue weighted by Gasteiger charge is 2.24. The predicted octanol–water partition coefficient (Wildman–Crippen LogP) is 1.94. The number of nitrogens with one attached hydrogen (secondary N) is 2. The van der Waals surface area contributed by atoms with Gasteiger partial charge in [-0.3, -0.25) is 4.79 Å². The molecule has 0 bridgehead atoms. The van der Waals surface area contributed by atoms with Gasteiger partial charge in [-0.15, -0.1) is 0 Å². The number of piperazine rings is 1. The zero-order valence-corrected chi connectivity index (χ0v) is 14.8. The van der Waals surface area contributed by atoms with Gasteiger partial charge in [-0.25, -0.2) is 9.78 Å². The van der Waals surface area contributed by atoms with Gasteiger partial charge in [-0.1, -0.05) is 24.3 Å². The average Bonchev–Trinajstić information content (AvgIpc) is 2.69. The van der Waals surface area contributed by atoms with Crippen LogP contribution < -0.4 is 15.5 Å². The van der Waals surface area contributed by atoms with E-state index >= 15 is 0 Å². The van der Waals surface area contributed by atoms with Crippen LogP contribution in [0.3, 0.4) is 0 Å². The lowest BCUT2D eigenvalue weighted by molar-refractivity contribution is -0.117. The lowest BCUT2D eigenvalue weighted by atomic mass is 10.2. The van der Waals surface area contributed by atoms with Crippen molar-refractivity contribution in [3.63, 3.8) is 0 Å². The Labute approximate surface area is 153 Å². The lowest BCUT2D eigenvalue weighted by Crippen LogP contribution is -2.54. The molecule has 1 aromatic heterocycles. The van der Waals surface area contributed by atoms with Gasteiger partial charge in [0.25, 0.3) is 0 Å². The third-order valence-electron chi connectivity index (χ3n) is 4.31. The van der Waals surface area contributed by atoms with Crippen molar-refractivity contribution in [3.05, 3.63) is 54.7 Å². The molecule has 136 valence electrons.